The molecular formula is C25H33N5O3. The third-order valence-electron chi connectivity index (χ3n) is 6.89. The van der Waals surface area contributed by atoms with Gasteiger partial charge in [-0.05, 0) is 56.9 Å². The lowest BCUT2D eigenvalue weighted by Gasteiger charge is -2.41. The van der Waals surface area contributed by atoms with E-state index in [1.807, 2.05) is 32.0 Å². The van der Waals surface area contributed by atoms with Crippen molar-refractivity contribution in [3.8, 4) is 0 Å². The quantitative estimate of drug-likeness (QED) is 0.696. The number of aryl methyl sites for hydroxylation is 2. The maximum Gasteiger partial charge on any atom is 0.276 e. The molecule has 1 unspecified atom stereocenters. The fourth-order valence-corrected chi connectivity index (χ4v) is 4.84. The van der Waals surface area contributed by atoms with E-state index in [0.717, 1.165) is 36.8 Å². The Kier molecular flexibility index (Phi) is 6.28. The molecular weight excluding hydrogens is 418 g/mol. The number of nitrogens with one attached hydrogen (secondary N) is 2. The summed E-state index contributed by atoms with van der Waals surface area (Å²) in [7, 11) is 1.64. The van der Waals surface area contributed by atoms with Gasteiger partial charge in [0.15, 0.2) is 5.69 Å². The number of benzene rings is 1. The van der Waals surface area contributed by atoms with Gasteiger partial charge in [0.05, 0.1) is 6.54 Å². The van der Waals surface area contributed by atoms with Crippen LogP contribution in [0.3, 0.4) is 0 Å². The van der Waals surface area contributed by atoms with Crippen LogP contribution in [0.1, 0.15) is 77.6 Å². The molecule has 1 atom stereocenters. The molecule has 0 saturated heterocycles. The summed E-state index contributed by atoms with van der Waals surface area (Å²) in [6.07, 6.45) is 6.55. The monoisotopic (exact) mass is 451 g/mol. The summed E-state index contributed by atoms with van der Waals surface area (Å²) in [6, 6.07) is 7.43. The predicted octanol–water partition coefficient (Wildman–Crippen LogP) is 3.44. The van der Waals surface area contributed by atoms with Crippen LogP contribution in [0.25, 0.3) is 0 Å². The number of aromatic nitrogens is 2. The Morgan fingerprint density at radius 1 is 1.03 bits per heavy atom. The molecule has 176 valence electrons. The van der Waals surface area contributed by atoms with Gasteiger partial charge >= 0.3 is 0 Å². The first-order valence-corrected chi connectivity index (χ1v) is 11.7. The molecule has 1 aromatic heterocycles. The normalized spacial score (nSPS) is 21.3. The van der Waals surface area contributed by atoms with Crippen LogP contribution in [0, 0.1) is 13.8 Å². The van der Waals surface area contributed by atoms with E-state index in [1.54, 1.807) is 14.0 Å². The van der Waals surface area contributed by atoms with E-state index < -0.39 is 5.54 Å². The van der Waals surface area contributed by atoms with Gasteiger partial charge in [-0.1, -0.05) is 31.7 Å². The maximum atomic E-state index is 13.3. The zero-order chi connectivity index (χ0) is 23.8. The summed E-state index contributed by atoms with van der Waals surface area (Å²) in [5, 5.41) is 10.4. The number of hydrogen-bond donors (Lipinski definition) is 2. The van der Waals surface area contributed by atoms with Crippen molar-refractivity contribution in [3.63, 3.8) is 0 Å². The average molecular weight is 452 g/mol. The van der Waals surface area contributed by atoms with Gasteiger partial charge in [0.1, 0.15) is 11.2 Å². The molecule has 1 aromatic carbocycles. The van der Waals surface area contributed by atoms with Crippen LogP contribution in [-0.2, 0) is 11.3 Å². The Bertz CT molecular complexity index is 1060. The van der Waals surface area contributed by atoms with Crippen LogP contribution in [0.4, 0.5) is 5.69 Å². The molecule has 8 nitrogen and oxygen atoms in total. The van der Waals surface area contributed by atoms with E-state index in [2.05, 4.69) is 15.7 Å². The van der Waals surface area contributed by atoms with Crippen molar-refractivity contribution in [2.24, 2.45) is 0 Å². The smallest absolute Gasteiger partial charge is 0.276 e. The zero-order valence-corrected chi connectivity index (χ0v) is 19.9. The molecule has 4 rings (SSSR count). The first-order valence-electron chi connectivity index (χ1n) is 11.7. The van der Waals surface area contributed by atoms with Crippen molar-refractivity contribution in [2.45, 2.75) is 77.4 Å². The minimum absolute atomic E-state index is 0.137. The number of amides is 3. The number of fused-ring (bicyclic) bond motifs is 1. The predicted molar refractivity (Wildman–Crippen MR) is 126 cm³/mol. The molecule has 2 N–H and O–H groups in total. The van der Waals surface area contributed by atoms with Gasteiger partial charge in [0.25, 0.3) is 11.8 Å². The van der Waals surface area contributed by atoms with Crippen LogP contribution < -0.4 is 10.6 Å². The van der Waals surface area contributed by atoms with Crippen molar-refractivity contribution in [1.29, 1.82) is 0 Å². The Morgan fingerprint density at radius 2 is 1.67 bits per heavy atom. The Hall–Kier alpha value is -3.16. The molecule has 1 saturated carbocycles. The number of carbonyl (C=O) groups excluding carboxylic acids is 3. The van der Waals surface area contributed by atoms with E-state index in [4.69, 9.17) is 0 Å². The van der Waals surface area contributed by atoms with E-state index in [0.29, 0.717) is 11.4 Å². The lowest BCUT2D eigenvalue weighted by molar-refractivity contribution is -0.133. The van der Waals surface area contributed by atoms with Crippen LogP contribution in [0.15, 0.2) is 24.3 Å². The molecule has 0 spiro atoms. The fraction of sp³-hybridized carbons (Fsp3) is 0.520. The summed E-state index contributed by atoms with van der Waals surface area (Å²) in [5.74, 6) is -0.882. The maximum absolute atomic E-state index is 13.3. The SMILES string of the molecule is Cc1cc(C)cc(NC(=O)c2cc3n(n2)CC(C)(C(=O)NC2CCCCCC2)N(C)C3=O)c1. The third-order valence-corrected chi connectivity index (χ3v) is 6.89. The van der Waals surface area contributed by atoms with Crippen LogP contribution in [0.2, 0.25) is 0 Å². The molecule has 1 fully saturated rings. The van der Waals surface area contributed by atoms with Crippen molar-refractivity contribution in [1.82, 2.24) is 20.0 Å². The van der Waals surface area contributed by atoms with Gasteiger partial charge in [-0.15, -0.1) is 0 Å². The second-order valence-electron chi connectivity index (χ2n) is 9.70. The van der Waals surface area contributed by atoms with E-state index in [1.165, 1.54) is 28.5 Å². The Labute approximate surface area is 194 Å². The highest BCUT2D eigenvalue weighted by molar-refractivity contribution is 6.06. The Balaban J connectivity index is 1.53. The molecule has 2 heterocycles. The van der Waals surface area contributed by atoms with Gasteiger partial charge < -0.3 is 15.5 Å². The fourth-order valence-electron chi connectivity index (χ4n) is 4.84. The number of carbonyl (C=O) groups is 3. The van der Waals surface area contributed by atoms with Gasteiger partial charge in [0, 0.05) is 24.8 Å². The molecule has 8 heteroatoms. The molecule has 2 aromatic rings. The van der Waals surface area contributed by atoms with Gasteiger partial charge in [-0.25, -0.2) is 0 Å². The highest BCUT2D eigenvalue weighted by atomic mass is 16.2. The average Bonchev–Trinajstić information content (AvgIpc) is 3.00. The highest BCUT2D eigenvalue weighted by Crippen LogP contribution is 2.27. The molecule has 2 aliphatic rings. The van der Waals surface area contributed by atoms with E-state index in [9.17, 15) is 14.4 Å². The topological polar surface area (TPSA) is 96.3 Å². The second kappa shape index (κ2) is 9.00. The number of likely N-dealkylation sites (N-methyl/N-ethyl adjacent to an activating group) is 1. The zero-order valence-electron chi connectivity index (χ0n) is 19.9. The first-order chi connectivity index (χ1) is 15.7. The molecule has 3 amide bonds. The number of anilines is 1. The second-order valence-corrected chi connectivity index (χ2v) is 9.70. The third kappa shape index (κ3) is 4.65. The minimum atomic E-state index is -1.08. The molecule has 0 bridgehead atoms. The van der Waals surface area contributed by atoms with Gasteiger partial charge in [-0.2, -0.15) is 5.10 Å². The van der Waals surface area contributed by atoms with E-state index >= 15 is 0 Å². The first kappa shape index (κ1) is 23.0. The summed E-state index contributed by atoms with van der Waals surface area (Å²) >= 11 is 0. The molecule has 1 aliphatic heterocycles. The highest BCUT2D eigenvalue weighted by Gasteiger charge is 2.46. The summed E-state index contributed by atoms with van der Waals surface area (Å²) in [6.45, 7) is 5.89. The summed E-state index contributed by atoms with van der Waals surface area (Å²) in [5.41, 5.74) is 2.15. The molecule has 33 heavy (non-hydrogen) atoms. The van der Waals surface area contributed by atoms with Crippen molar-refractivity contribution >= 4 is 23.4 Å². The molecule has 1 aliphatic carbocycles. The largest absolute Gasteiger partial charge is 0.351 e. The lowest BCUT2D eigenvalue weighted by atomic mass is 9.95. The summed E-state index contributed by atoms with van der Waals surface area (Å²) in [4.78, 5) is 40.7. The standard InChI is InChI=1S/C25H33N5O3/c1-16-11-17(2)13-19(12-16)26-22(31)20-14-21-23(32)29(4)25(3,15-30(21)28-20)24(33)27-18-9-7-5-6-8-10-18/h11-14,18H,5-10,15H2,1-4H3,(H,26,31)(H,27,33). The van der Waals surface area contributed by atoms with E-state index in [-0.39, 0.29) is 36.0 Å². The molecule has 0 radical (unpaired) electrons. The minimum Gasteiger partial charge on any atom is -0.351 e. The van der Waals surface area contributed by atoms with Crippen LogP contribution in [-0.4, -0.2) is 51.0 Å². The number of rotatable bonds is 4. The number of hydrogen-bond acceptors (Lipinski definition) is 4. The van der Waals surface area contributed by atoms with Gasteiger partial charge in [0.2, 0.25) is 5.91 Å². The Morgan fingerprint density at radius 3 is 2.30 bits per heavy atom. The van der Waals surface area contributed by atoms with Crippen LogP contribution in [0.5, 0.6) is 0 Å². The van der Waals surface area contributed by atoms with Crippen molar-refractivity contribution in [3.05, 3.63) is 46.8 Å². The van der Waals surface area contributed by atoms with Crippen molar-refractivity contribution < 1.29 is 14.4 Å². The van der Waals surface area contributed by atoms with Gasteiger partial charge in [-0.3, -0.25) is 19.1 Å². The van der Waals surface area contributed by atoms with Crippen LogP contribution >= 0.6 is 0 Å². The number of nitrogens with zero attached hydrogens (tertiary/aromatic N) is 3. The van der Waals surface area contributed by atoms with Crippen molar-refractivity contribution in [2.75, 3.05) is 12.4 Å². The lowest BCUT2D eigenvalue weighted by Crippen LogP contribution is -2.63. The summed E-state index contributed by atoms with van der Waals surface area (Å²) < 4.78 is 1.49.